The number of ether oxygens (including phenoxy) is 1. The number of halogens is 2. The number of carbonyl (C=O) groups excluding carboxylic acids is 1. The fourth-order valence-corrected chi connectivity index (χ4v) is 1.96. The molecular weight excluding hydrogens is 319 g/mol. The van der Waals surface area contributed by atoms with Crippen molar-refractivity contribution in [2.45, 2.75) is 39.2 Å². The van der Waals surface area contributed by atoms with E-state index < -0.39 is 0 Å². The topological polar surface area (TPSA) is 55.6 Å². The molecular formula is C17H28ClFN2O2. The van der Waals surface area contributed by atoms with Gasteiger partial charge in [0.25, 0.3) is 0 Å². The molecule has 6 heteroatoms. The molecule has 1 amide bonds. The Labute approximate surface area is 144 Å². The van der Waals surface area contributed by atoms with Gasteiger partial charge in [0, 0.05) is 26.1 Å². The Kier molecular flexibility index (Phi) is 10.6. The molecule has 0 aliphatic carbocycles. The molecule has 0 aromatic heterocycles. The third kappa shape index (κ3) is 8.18. The van der Waals surface area contributed by atoms with Crippen molar-refractivity contribution in [2.75, 3.05) is 20.2 Å². The van der Waals surface area contributed by atoms with Crippen molar-refractivity contribution in [3.05, 3.63) is 30.1 Å². The van der Waals surface area contributed by atoms with Gasteiger partial charge >= 0.3 is 0 Å². The third-order valence-corrected chi connectivity index (χ3v) is 3.71. The Morgan fingerprint density at radius 3 is 2.61 bits per heavy atom. The largest absolute Gasteiger partial charge is 0.491 e. The van der Waals surface area contributed by atoms with Crippen LogP contribution in [-0.4, -0.2) is 37.0 Å². The van der Waals surface area contributed by atoms with Crippen LogP contribution in [0.2, 0.25) is 0 Å². The Balaban J connectivity index is 0.00000484. The highest BCUT2D eigenvalue weighted by molar-refractivity contribution is 5.85. The molecule has 1 atom stereocenters. The predicted molar refractivity (Wildman–Crippen MR) is 93.4 cm³/mol. The smallest absolute Gasteiger partial charge is 0.222 e. The highest BCUT2D eigenvalue weighted by Crippen LogP contribution is 2.15. The summed E-state index contributed by atoms with van der Waals surface area (Å²) in [5.74, 6) is 0.325. The molecule has 1 unspecified atom stereocenters. The van der Waals surface area contributed by atoms with Crippen LogP contribution in [-0.2, 0) is 4.79 Å². The lowest BCUT2D eigenvalue weighted by Crippen LogP contribution is -2.34. The number of carbonyl (C=O) groups is 1. The lowest BCUT2D eigenvalue weighted by Gasteiger charge is -2.21. The summed E-state index contributed by atoms with van der Waals surface area (Å²) in [4.78, 5) is 13.7. The van der Waals surface area contributed by atoms with Crippen molar-refractivity contribution in [3.63, 3.8) is 0 Å². The molecule has 0 aliphatic rings. The molecule has 0 bridgehead atoms. The van der Waals surface area contributed by atoms with Crippen LogP contribution >= 0.6 is 12.4 Å². The van der Waals surface area contributed by atoms with Gasteiger partial charge in [-0.15, -0.1) is 12.4 Å². The maximum absolute atomic E-state index is 13.3. The van der Waals surface area contributed by atoms with Crippen LogP contribution in [0.5, 0.6) is 5.75 Å². The Hall–Kier alpha value is -1.33. The molecule has 2 N–H and O–H groups in total. The molecule has 132 valence electrons. The van der Waals surface area contributed by atoms with Crippen molar-refractivity contribution in [1.82, 2.24) is 4.90 Å². The van der Waals surface area contributed by atoms with E-state index in [0.29, 0.717) is 31.9 Å². The molecule has 0 fully saturated rings. The fourth-order valence-electron chi connectivity index (χ4n) is 1.96. The number of hydrogen-bond acceptors (Lipinski definition) is 3. The minimum Gasteiger partial charge on any atom is -0.491 e. The van der Waals surface area contributed by atoms with E-state index in [1.807, 2.05) is 0 Å². The first-order chi connectivity index (χ1) is 10.4. The van der Waals surface area contributed by atoms with Crippen LogP contribution in [0.4, 0.5) is 4.39 Å². The van der Waals surface area contributed by atoms with Crippen LogP contribution in [0.3, 0.4) is 0 Å². The van der Waals surface area contributed by atoms with E-state index in [4.69, 9.17) is 10.5 Å². The highest BCUT2D eigenvalue weighted by atomic mass is 35.5. The summed E-state index contributed by atoms with van der Waals surface area (Å²) in [6, 6.07) is 6.38. The van der Waals surface area contributed by atoms with Crippen LogP contribution in [0.15, 0.2) is 24.3 Å². The summed E-state index contributed by atoms with van der Waals surface area (Å²) in [6.45, 7) is 5.14. The van der Waals surface area contributed by atoms with E-state index in [0.717, 1.165) is 6.42 Å². The molecule has 1 aromatic rings. The van der Waals surface area contributed by atoms with Gasteiger partial charge in [0.05, 0.1) is 6.61 Å². The van der Waals surface area contributed by atoms with E-state index >= 15 is 0 Å². The van der Waals surface area contributed by atoms with E-state index in [1.165, 1.54) is 6.07 Å². The Bertz CT molecular complexity index is 472. The second-order valence-electron chi connectivity index (χ2n) is 5.89. The second kappa shape index (κ2) is 11.2. The molecule has 0 aliphatic heterocycles. The van der Waals surface area contributed by atoms with Crippen LogP contribution in [0.1, 0.15) is 33.1 Å². The molecule has 4 nitrogen and oxygen atoms in total. The zero-order chi connectivity index (χ0) is 16.5. The highest BCUT2D eigenvalue weighted by Gasteiger charge is 2.12. The normalized spacial score (nSPS) is 11.7. The lowest BCUT2D eigenvalue weighted by molar-refractivity contribution is -0.130. The Morgan fingerprint density at radius 1 is 1.35 bits per heavy atom. The number of nitrogens with zero attached hydrogens (tertiary/aromatic N) is 1. The third-order valence-electron chi connectivity index (χ3n) is 3.71. The van der Waals surface area contributed by atoms with Crippen LogP contribution in [0.25, 0.3) is 0 Å². The number of amides is 1. The summed E-state index contributed by atoms with van der Waals surface area (Å²) in [7, 11) is 1.78. The zero-order valence-electron chi connectivity index (χ0n) is 14.1. The average Bonchev–Trinajstić information content (AvgIpc) is 2.49. The van der Waals surface area contributed by atoms with Crippen molar-refractivity contribution >= 4 is 18.3 Å². The maximum Gasteiger partial charge on any atom is 0.222 e. The van der Waals surface area contributed by atoms with E-state index in [9.17, 15) is 9.18 Å². The van der Waals surface area contributed by atoms with Gasteiger partial charge < -0.3 is 15.4 Å². The molecule has 0 radical (unpaired) electrons. The van der Waals surface area contributed by atoms with Gasteiger partial charge in [-0.2, -0.15) is 0 Å². The maximum atomic E-state index is 13.3. The first-order valence-electron chi connectivity index (χ1n) is 7.78. The number of para-hydroxylation sites is 1. The molecule has 1 aromatic carbocycles. The average molecular weight is 347 g/mol. The summed E-state index contributed by atoms with van der Waals surface area (Å²) in [5.41, 5.74) is 5.97. The summed E-state index contributed by atoms with van der Waals surface area (Å²) >= 11 is 0. The van der Waals surface area contributed by atoms with Crippen molar-refractivity contribution < 1.29 is 13.9 Å². The van der Waals surface area contributed by atoms with E-state index in [1.54, 1.807) is 30.1 Å². The van der Waals surface area contributed by atoms with Gasteiger partial charge in [0.1, 0.15) is 0 Å². The summed E-state index contributed by atoms with van der Waals surface area (Å²) in [5, 5.41) is 0. The van der Waals surface area contributed by atoms with Crippen molar-refractivity contribution in [2.24, 2.45) is 11.7 Å². The van der Waals surface area contributed by atoms with Crippen LogP contribution in [0, 0.1) is 11.7 Å². The zero-order valence-corrected chi connectivity index (χ0v) is 14.9. The molecule has 0 saturated heterocycles. The minimum absolute atomic E-state index is 0. The van der Waals surface area contributed by atoms with Gasteiger partial charge in [-0.05, 0) is 30.9 Å². The first kappa shape index (κ1) is 21.7. The van der Waals surface area contributed by atoms with Gasteiger partial charge in [-0.25, -0.2) is 4.39 Å². The van der Waals surface area contributed by atoms with E-state index in [2.05, 4.69) is 13.8 Å². The van der Waals surface area contributed by atoms with E-state index in [-0.39, 0.29) is 35.9 Å². The minimum atomic E-state index is -0.381. The number of benzene rings is 1. The predicted octanol–water partition coefficient (Wildman–Crippen LogP) is 3.24. The number of hydrogen-bond donors (Lipinski definition) is 1. The molecule has 0 heterocycles. The summed E-state index contributed by atoms with van der Waals surface area (Å²) in [6.07, 6.45) is 1.75. The van der Waals surface area contributed by atoms with Gasteiger partial charge in [0.15, 0.2) is 11.6 Å². The Morgan fingerprint density at radius 2 is 2.00 bits per heavy atom. The van der Waals surface area contributed by atoms with Crippen molar-refractivity contribution in [1.29, 1.82) is 0 Å². The lowest BCUT2D eigenvalue weighted by atomic mass is 10.0. The fraction of sp³-hybridized carbons (Fsp3) is 0.588. The molecule has 0 spiro atoms. The number of rotatable bonds is 9. The SMILES string of the molecule is CC(C)C(N)CCN(C)C(=O)CCCOc1ccccc1F.Cl. The second-order valence-corrected chi connectivity index (χ2v) is 5.89. The summed E-state index contributed by atoms with van der Waals surface area (Å²) < 4.78 is 18.7. The molecule has 1 rings (SSSR count). The monoisotopic (exact) mass is 346 g/mol. The van der Waals surface area contributed by atoms with Gasteiger partial charge in [0.2, 0.25) is 5.91 Å². The van der Waals surface area contributed by atoms with Crippen LogP contribution < -0.4 is 10.5 Å². The standard InChI is InChI=1S/C17H27FN2O2.ClH/c1-13(2)15(19)10-11-20(3)17(21)9-6-12-22-16-8-5-4-7-14(16)18;/h4-5,7-8,13,15H,6,9-12,19H2,1-3H3;1H. The molecule has 23 heavy (non-hydrogen) atoms. The van der Waals surface area contributed by atoms with Gasteiger partial charge in [-0.3, -0.25) is 4.79 Å². The quantitative estimate of drug-likeness (QED) is 0.698. The number of nitrogens with two attached hydrogens (primary N) is 1. The molecule has 0 saturated carbocycles. The first-order valence-corrected chi connectivity index (χ1v) is 7.78. The van der Waals surface area contributed by atoms with Gasteiger partial charge in [-0.1, -0.05) is 26.0 Å². The van der Waals surface area contributed by atoms with Crippen molar-refractivity contribution in [3.8, 4) is 5.75 Å².